The molecule has 0 amide bonds. The molecule has 238 valence electrons. The quantitative estimate of drug-likeness (QED) is 0.176. The maximum Gasteiger partial charge on any atom is 0.341 e. The third kappa shape index (κ3) is 7.22. The van der Waals surface area contributed by atoms with E-state index in [0.717, 1.165) is 22.0 Å². The van der Waals surface area contributed by atoms with Gasteiger partial charge in [-0.15, -0.1) is 0 Å². The van der Waals surface area contributed by atoms with Crippen LogP contribution in [-0.2, 0) is 17.6 Å². The Morgan fingerprint density at radius 1 is 0.932 bits per heavy atom. The normalized spacial score (nSPS) is 15.5. The van der Waals surface area contributed by atoms with Gasteiger partial charge in [0.2, 0.25) is 5.43 Å². The highest BCUT2D eigenvalue weighted by Gasteiger charge is 2.56. The Morgan fingerprint density at radius 2 is 1.50 bits per heavy atom. The van der Waals surface area contributed by atoms with Crippen LogP contribution in [0, 0.1) is 10.8 Å². The summed E-state index contributed by atoms with van der Waals surface area (Å²) in [5.41, 5.74) is 4.48. The molecule has 0 unspecified atom stereocenters. The zero-order valence-electron chi connectivity index (χ0n) is 27.3. The number of hydrogen-bond acceptors (Lipinski definition) is 7. The minimum absolute atomic E-state index is 0.00741. The van der Waals surface area contributed by atoms with Crippen LogP contribution in [-0.4, -0.2) is 36.5 Å². The van der Waals surface area contributed by atoms with Crippen LogP contribution >= 0.6 is 0 Å². The molecule has 0 radical (unpaired) electrons. The van der Waals surface area contributed by atoms with E-state index in [9.17, 15) is 14.7 Å². The first-order chi connectivity index (χ1) is 20.7. The lowest BCUT2D eigenvalue weighted by atomic mass is 9.62. The number of methoxy groups -OCH3 is 1. The van der Waals surface area contributed by atoms with Crippen molar-refractivity contribution < 1.29 is 33.6 Å². The molecule has 0 bridgehead atoms. The molecule has 2 aliphatic carbocycles. The molecule has 2 saturated carbocycles. The Kier molecular flexibility index (Phi) is 9.71. The van der Waals surface area contributed by atoms with Crippen LogP contribution in [0.4, 0.5) is 0 Å². The van der Waals surface area contributed by atoms with Gasteiger partial charge in [-0.3, -0.25) is 4.79 Å². The van der Waals surface area contributed by atoms with E-state index in [4.69, 9.17) is 23.7 Å². The van der Waals surface area contributed by atoms with Gasteiger partial charge in [-0.2, -0.15) is 0 Å². The van der Waals surface area contributed by atoms with Gasteiger partial charge in [0, 0.05) is 23.3 Å². The molecule has 2 fully saturated rings. The minimum atomic E-state index is -1.17. The van der Waals surface area contributed by atoms with Gasteiger partial charge in [0.1, 0.15) is 28.1 Å². The van der Waals surface area contributed by atoms with E-state index in [2.05, 4.69) is 13.8 Å². The number of carboxylic acids is 1. The lowest BCUT2D eigenvalue weighted by molar-refractivity contribution is -0.139. The fourth-order valence-electron chi connectivity index (χ4n) is 6.47. The third-order valence-electron chi connectivity index (χ3n) is 8.26. The van der Waals surface area contributed by atoms with Crippen molar-refractivity contribution in [2.45, 2.75) is 87.0 Å². The van der Waals surface area contributed by atoms with Gasteiger partial charge in [-0.05, 0) is 84.0 Å². The van der Waals surface area contributed by atoms with Gasteiger partial charge in [0.05, 0.1) is 19.1 Å². The zero-order valence-corrected chi connectivity index (χ0v) is 27.3. The highest BCUT2D eigenvalue weighted by molar-refractivity contribution is 5.98. The molecule has 0 saturated heterocycles. The topological polar surface area (TPSA) is 115 Å². The van der Waals surface area contributed by atoms with Crippen molar-refractivity contribution in [3.8, 4) is 23.0 Å². The summed E-state index contributed by atoms with van der Waals surface area (Å²) in [5.74, 6) is -0.481. The van der Waals surface area contributed by atoms with E-state index in [1.54, 1.807) is 6.07 Å². The number of fused-ring (bicyclic) bond motifs is 2. The van der Waals surface area contributed by atoms with E-state index >= 15 is 0 Å². The SMILES string of the molecule is CC1(C)CC2(CC2)C1.CCOc1cc2oc3cc(OCC(=O)O)c(CC=C(C)C)c(O)c3c(=O)c2c(CC=C(C)C)c1OC. The van der Waals surface area contributed by atoms with Crippen LogP contribution in [0.5, 0.6) is 23.0 Å². The molecule has 44 heavy (non-hydrogen) atoms. The first kappa shape index (κ1) is 33.0. The maximum absolute atomic E-state index is 13.9. The molecule has 0 atom stereocenters. The van der Waals surface area contributed by atoms with E-state index in [-0.39, 0.29) is 39.9 Å². The Bertz CT molecular complexity index is 1660. The largest absolute Gasteiger partial charge is 0.507 e. The average molecular weight is 607 g/mol. The molecule has 1 spiro atoms. The zero-order chi connectivity index (χ0) is 32.4. The molecule has 1 aromatic heterocycles. The molecular formula is C36H46O8. The average Bonchev–Trinajstić information content (AvgIpc) is 3.68. The van der Waals surface area contributed by atoms with Crippen molar-refractivity contribution in [3.63, 3.8) is 0 Å². The van der Waals surface area contributed by atoms with Crippen molar-refractivity contribution >= 4 is 27.9 Å². The maximum atomic E-state index is 13.9. The summed E-state index contributed by atoms with van der Waals surface area (Å²) in [4.78, 5) is 25.0. The second kappa shape index (κ2) is 13.0. The fourth-order valence-corrected chi connectivity index (χ4v) is 6.47. The summed E-state index contributed by atoms with van der Waals surface area (Å²) in [6, 6.07) is 3.05. The number of ether oxygens (including phenoxy) is 3. The number of aliphatic carboxylic acids is 1. The lowest BCUT2D eigenvalue weighted by Crippen LogP contribution is -2.32. The van der Waals surface area contributed by atoms with Crippen LogP contribution in [0.25, 0.3) is 21.9 Å². The first-order valence-electron chi connectivity index (χ1n) is 15.3. The fraction of sp³-hybridized carbons (Fsp3) is 0.500. The summed E-state index contributed by atoms with van der Waals surface area (Å²) >= 11 is 0. The van der Waals surface area contributed by atoms with Crippen LogP contribution in [0.2, 0.25) is 0 Å². The van der Waals surface area contributed by atoms with E-state index in [1.807, 2.05) is 46.8 Å². The molecular weight excluding hydrogens is 560 g/mol. The molecule has 8 nitrogen and oxygen atoms in total. The van der Waals surface area contributed by atoms with E-state index in [1.165, 1.54) is 38.9 Å². The molecule has 8 heteroatoms. The summed E-state index contributed by atoms with van der Waals surface area (Å²) in [7, 11) is 1.51. The Morgan fingerprint density at radius 3 is 1.98 bits per heavy atom. The van der Waals surface area contributed by atoms with Gasteiger partial charge >= 0.3 is 5.97 Å². The van der Waals surface area contributed by atoms with Crippen molar-refractivity contribution in [3.05, 3.63) is 56.8 Å². The number of rotatable bonds is 10. The summed E-state index contributed by atoms with van der Waals surface area (Å²) in [5, 5.41) is 20.6. The number of phenolic OH excluding ortho intramolecular Hbond substituents is 1. The molecule has 2 aliphatic rings. The second-order valence-corrected chi connectivity index (χ2v) is 13.4. The van der Waals surface area contributed by atoms with Crippen LogP contribution in [0.15, 0.2) is 44.6 Å². The van der Waals surface area contributed by atoms with Crippen LogP contribution in [0.1, 0.15) is 85.3 Å². The van der Waals surface area contributed by atoms with Crippen molar-refractivity contribution in [1.82, 2.24) is 0 Å². The standard InChI is InChI=1S/C28H32O8.C8H14/c1-7-34-22-13-20-24(18(28(22)33-6)11-9-16(4)5)27(32)25-21(36-20)12-19(35-14-23(29)30)17(26(25)31)10-8-15(2)3;1-7(2)5-8(6-7)3-4-8/h8-9,12-13,31H,7,10-11,14H2,1-6H3,(H,29,30);3-6H2,1-2H3. The van der Waals surface area contributed by atoms with Crippen LogP contribution in [0.3, 0.4) is 0 Å². The van der Waals surface area contributed by atoms with Gasteiger partial charge in [0.15, 0.2) is 18.1 Å². The van der Waals surface area contributed by atoms with E-state index in [0.29, 0.717) is 35.7 Å². The number of phenols is 1. The van der Waals surface area contributed by atoms with E-state index < -0.39 is 18.0 Å². The molecule has 2 aromatic carbocycles. The number of carboxylic acid groups (broad SMARTS) is 1. The summed E-state index contributed by atoms with van der Waals surface area (Å²) in [6.45, 7) is 14.1. The smallest absolute Gasteiger partial charge is 0.341 e. The van der Waals surface area contributed by atoms with Crippen molar-refractivity contribution in [2.24, 2.45) is 10.8 Å². The highest BCUT2D eigenvalue weighted by atomic mass is 16.5. The number of aromatic hydroxyl groups is 1. The molecule has 2 N–H and O–H groups in total. The molecule has 3 aromatic rings. The Labute approximate surface area is 259 Å². The number of hydrogen-bond donors (Lipinski definition) is 2. The van der Waals surface area contributed by atoms with Gasteiger partial charge in [-0.1, -0.05) is 37.1 Å². The van der Waals surface area contributed by atoms with Gasteiger partial charge in [-0.25, -0.2) is 4.79 Å². The summed E-state index contributed by atoms with van der Waals surface area (Å²) < 4.78 is 23.0. The van der Waals surface area contributed by atoms with Crippen molar-refractivity contribution in [2.75, 3.05) is 20.3 Å². The molecule has 1 heterocycles. The number of allylic oxidation sites excluding steroid dienone is 4. The monoisotopic (exact) mass is 606 g/mol. The molecule has 0 aliphatic heterocycles. The predicted octanol–water partition coefficient (Wildman–Crippen LogP) is 8.13. The number of benzene rings is 2. The number of carbonyl (C=O) groups is 1. The third-order valence-corrected chi connectivity index (χ3v) is 8.26. The Balaban J connectivity index is 0.000000470. The second-order valence-electron chi connectivity index (χ2n) is 13.4. The Hall–Kier alpha value is -3.94. The highest BCUT2D eigenvalue weighted by Crippen LogP contribution is 2.68. The van der Waals surface area contributed by atoms with Crippen molar-refractivity contribution in [1.29, 1.82) is 0 Å². The molecule has 5 rings (SSSR count). The predicted molar refractivity (Wildman–Crippen MR) is 173 cm³/mol. The minimum Gasteiger partial charge on any atom is -0.507 e. The van der Waals surface area contributed by atoms with Gasteiger partial charge in [0.25, 0.3) is 0 Å². The van der Waals surface area contributed by atoms with Gasteiger partial charge < -0.3 is 28.8 Å². The first-order valence-corrected chi connectivity index (χ1v) is 15.3. The van der Waals surface area contributed by atoms with Crippen LogP contribution < -0.4 is 19.6 Å². The summed E-state index contributed by atoms with van der Waals surface area (Å²) in [6.07, 6.45) is 10.6. The lowest BCUT2D eigenvalue weighted by Gasteiger charge is -2.43.